The summed E-state index contributed by atoms with van der Waals surface area (Å²) in [6, 6.07) is 5.73. The van der Waals surface area contributed by atoms with Gasteiger partial charge in [-0.25, -0.2) is 13.6 Å². The number of nitrogens with one attached hydrogen (secondary N) is 1. The molecule has 0 saturated heterocycles. The molecule has 1 aromatic rings. The van der Waals surface area contributed by atoms with Gasteiger partial charge in [0.25, 0.3) is 0 Å². The Hall–Kier alpha value is -1.40. The highest BCUT2D eigenvalue weighted by Crippen LogP contribution is 2.10. The molecular weight excluding hydrogens is 204 g/mol. The molecule has 0 spiro atoms. The Kier molecular flexibility index (Phi) is 2.87. The minimum Gasteiger partial charge on any atom is -0.481 e. The number of methoxy groups -OCH3 is 1. The van der Waals surface area contributed by atoms with Gasteiger partial charge in [-0.05, 0) is 18.2 Å². The van der Waals surface area contributed by atoms with Crippen LogP contribution in [0.3, 0.4) is 0 Å². The second-order valence-electron chi connectivity index (χ2n) is 2.61. The predicted molar refractivity (Wildman–Crippen MR) is 51.7 cm³/mol. The van der Waals surface area contributed by atoms with Gasteiger partial charge in [0.15, 0.2) is 0 Å². The van der Waals surface area contributed by atoms with Crippen molar-refractivity contribution in [2.45, 2.75) is 4.90 Å². The van der Waals surface area contributed by atoms with E-state index in [-0.39, 0.29) is 10.8 Å². The van der Waals surface area contributed by atoms with E-state index in [0.717, 1.165) is 0 Å². The summed E-state index contributed by atoms with van der Waals surface area (Å²) in [5, 5.41) is 12.2. The highest BCUT2D eigenvalue weighted by molar-refractivity contribution is 7.89. The highest BCUT2D eigenvalue weighted by Gasteiger charge is 2.09. The Bertz CT molecular complexity index is 453. The first kappa shape index (κ1) is 10.7. The molecule has 1 rings (SSSR count). The maximum atomic E-state index is 11.0. The van der Waals surface area contributed by atoms with Crippen molar-refractivity contribution in [2.75, 3.05) is 7.11 Å². The fourth-order valence-corrected chi connectivity index (χ4v) is 1.49. The van der Waals surface area contributed by atoms with Gasteiger partial charge in [0.2, 0.25) is 15.9 Å². The molecule has 0 radical (unpaired) electrons. The summed E-state index contributed by atoms with van der Waals surface area (Å²) in [5.74, 6) is -0.101. The zero-order chi connectivity index (χ0) is 10.8. The van der Waals surface area contributed by atoms with Crippen LogP contribution in [-0.2, 0) is 14.8 Å². The predicted octanol–water partition coefficient (Wildman–Crippen LogP) is 0.306. The molecule has 0 fully saturated rings. The Labute approximate surface area is 82.1 Å². The van der Waals surface area contributed by atoms with Crippen molar-refractivity contribution in [1.29, 1.82) is 5.41 Å². The molecule has 0 amide bonds. The zero-order valence-electron chi connectivity index (χ0n) is 7.52. The lowest BCUT2D eigenvalue weighted by Crippen LogP contribution is -2.13. The van der Waals surface area contributed by atoms with E-state index in [9.17, 15) is 8.42 Å². The third kappa shape index (κ3) is 2.30. The molecule has 0 aliphatic carbocycles. The second-order valence-corrected chi connectivity index (χ2v) is 4.17. The highest BCUT2D eigenvalue weighted by atomic mass is 32.2. The molecule has 0 saturated carbocycles. The third-order valence-corrected chi connectivity index (χ3v) is 2.54. The van der Waals surface area contributed by atoms with Gasteiger partial charge < -0.3 is 4.74 Å². The molecule has 3 N–H and O–H groups in total. The van der Waals surface area contributed by atoms with Crippen molar-refractivity contribution >= 4 is 15.9 Å². The van der Waals surface area contributed by atoms with Gasteiger partial charge in [-0.1, -0.05) is 6.07 Å². The van der Waals surface area contributed by atoms with Crippen molar-refractivity contribution in [3.05, 3.63) is 29.8 Å². The molecule has 76 valence electrons. The molecular formula is C8H10N2O3S. The minimum absolute atomic E-state index is 0.0307. The molecule has 1 aromatic carbocycles. The summed E-state index contributed by atoms with van der Waals surface area (Å²) in [6.07, 6.45) is 0. The number of ether oxygens (including phenoxy) is 1. The van der Waals surface area contributed by atoms with Crippen molar-refractivity contribution in [1.82, 2.24) is 0 Å². The van der Waals surface area contributed by atoms with E-state index in [0.29, 0.717) is 5.56 Å². The van der Waals surface area contributed by atoms with E-state index >= 15 is 0 Å². The van der Waals surface area contributed by atoms with Gasteiger partial charge in [0.05, 0.1) is 12.0 Å². The van der Waals surface area contributed by atoms with Crippen LogP contribution in [0, 0.1) is 5.41 Å². The monoisotopic (exact) mass is 214 g/mol. The topological polar surface area (TPSA) is 93.2 Å². The SMILES string of the molecule is COC(=N)c1cccc(S(N)(=O)=O)c1. The van der Waals surface area contributed by atoms with Crippen LogP contribution in [0.25, 0.3) is 0 Å². The summed E-state index contributed by atoms with van der Waals surface area (Å²) in [4.78, 5) is -0.0307. The van der Waals surface area contributed by atoms with E-state index < -0.39 is 10.0 Å². The standard InChI is InChI=1S/C8H10N2O3S/c1-13-8(9)6-3-2-4-7(5-6)14(10,11)12/h2-5,9H,1H3,(H2,10,11,12). The average molecular weight is 214 g/mol. The van der Waals surface area contributed by atoms with Gasteiger partial charge in [0, 0.05) is 5.56 Å². The summed E-state index contributed by atoms with van der Waals surface area (Å²) in [7, 11) is -2.38. The molecule has 0 atom stereocenters. The number of hydrogen-bond acceptors (Lipinski definition) is 4. The van der Waals surface area contributed by atoms with Crippen molar-refractivity contribution in [3.8, 4) is 0 Å². The fourth-order valence-electron chi connectivity index (χ4n) is 0.932. The molecule has 6 heteroatoms. The minimum atomic E-state index is -3.72. The van der Waals surface area contributed by atoms with Crippen molar-refractivity contribution in [2.24, 2.45) is 5.14 Å². The van der Waals surface area contributed by atoms with Crippen LogP contribution in [0.4, 0.5) is 0 Å². The zero-order valence-corrected chi connectivity index (χ0v) is 8.34. The number of hydrogen-bond donors (Lipinski definition) is 2. The lowest BCUT2D eigenvalue weighted by molar-refractivity contribution is 0.401. The number of benzene rings is 1. The maximum absolute atomic E-state index is 11.0. The van der Waals surface area contributed by atoms with Gasteiger partial charge in [0.1, 0.15) is 0 Å². The van der Waals surface area contributed by atoms with Crippen LogP contribution in [0.5, 0.6) is 0 Å². The van der Waals surface area contributed by atoms with Crippen LogP contribution >= 0.6 is 0 Å². The normalized spacial score (nSPS) is 11.0. The van der Waals surface area contributed by atoms with Gasteiger partial charge >= 0.3 is 0 Å². The molecule has 14 heavy (non-hydrogen) atoms. The molecule has 5 nitrogen and oxygen atoms in total. The Morgan fingerprint density at radius 1 is 1.50 bits per heavy atom. The van der Waals surface area contributed by atoms with Gasteiger partial charge in [-0.3, -0.25) is 5.41 Å². The van der Waals surface area contributed by atoms with E-state index in [1.165, 1.54) is 25.3 Å². The first-order valence-corrected chi connectivity index (χ1v) is 5.25. The summed E-state index contributed by atoms with van der Waals surface area (Å²) in [6.45, 7) is 0. The van der Waals surface area contributed by atoms with Crippen molar-refractivity contribution < 1.29 is 13.2 Å². The quantitative estimate of drug-likeness (QED) is 0.548. The fraction of sp³-hybridized carbons (Fsp3) is 0.125. The Balaban J connectivity index is 3.21. The maximum Gasteiger partial charge on any atom is 0.238 e. The largest absolute Gasteiger partial charge is 0.481 e. The second kappa shape index (κ2) is 3.77. The Morgan fingerprint density at radius 3 is 2.64 bits per heavy atom. The van der Waals surface area contributed by atoms with Crippen LogP contribution < -0.4 is 5.14 Å². The van der Waals surface area contributed by atoms with E-state index in [1.807, 2.05) is 0 Å². The van der Waals surface area contributed by atoms with E-state index in [4.69, 9.17) is 10.5 Å². The molecule has 0 aliphatic rings. The van der Waals surface area contributed by atoms with Crippen LogP contribution in [0.1, 0.15) is 5.56 Å². The van der Waals surface area contributed by atoms with Crippen LogP contribution in [-0.4, -0.2) is 21.4 Å². The third-order valence-electron chi connectivity index (χ3n) is 1.63. The molecule has 0 aliphatic heterocycles. The van der Waals surface area contributed by atoms with E-state index in [2.05, 4.69) is 4.74 Å². The lowest BCUT2D eigenvalue weighted by Gasteiger charge is -2.03. The number of rotatable bonds is 2. The first-order chi connectivity index (χ1) is 6.45. The van der Waals surface area contributed by atoms with Crippen molar-refractivity contribution in [3.63, 3.8) is 0 Å². The molecule has 0 unspecified atom stereocenters. The average Bonchev–Trinajstić information content (AvgIpc) is 2.15. The number of sulfonamides is 1. The first-order valence-electron chi connectivity index (χ1n) is 3.71. The smallest absolute Gasteiger partial charge is 0.238 e. The van der Waals surface area contributed by atoms with Gasteiger partial charge in [-0.15, -0.1) is 0 Å². The van der Waals surface area contributed by atoms with E-state index in [1.54, 1.807) is 6.07 Å². The van der Waals surface area contributed by atoms with Gasteiger partial charge in [-0.2, -0.15) is 0 Å². The number of nitrogens with two attached hydrogens (primary N) is 1. The molecule has 0 heterocycles. The lowest BCUT2D eigenvalue weighted by atomic mass is 10.2. The Morgan fingerprint density at radius 2 is 2.14 bits per heavy atom. The summed E-state index contributed by atoms with van der Waals surface area (Å²) >= 11 is 0. The summed E-state index contributed by atoms with van der Waals surface area (Å²) < 4.78 is 26.6. The molecule has 0 aromatic heterocycles. The summed E-state index contributed by atoms with van der Waals surface area (Å²) in [5.41, 5.74) is 0.374. The van der Waals surface area contributed by atoms with Crippen LogP contribution in [0.2, 0.25) is 0 Å². The number of primary sulfonamides is 1. The van der Waals surface area contributed by atoms with Crippen LogP contribution in [0.15, 0.2) is 29.2 Å². The molecule has 0 bridgehead atoms.